The largest absolute Gasteiger partial charge is 0.493 e. The van der Waals surface area contributed by atoms with Crippen molar-refractivity contribution in [2.45, 2.75) is 0 Å². The van der Waals surface area contributed by atoms with Crippen molar-refractivity contribution >= 4 is 38.1 Å². The third-order valence-electron chi connectivity index (χ3n) is 3.83. The Labute approximate surface area is 172 Å². The molecule has 152 valence electrons. The van der Waals surface area contributed by atoms with Crippen LogP contribution in [-0.4, -0.2) is 39.8 Å². The summed E-state index contributed by atoms with van der Waals surface area (Å²) in [4.78, 5) is 16.9. The summed E-state index contributed by atoms with van der Waals surface area (Å²) in [5.41, 5.74) is 2.12. The molecule has 0 saturated heterocycles. The number of nitrogens with zero attached hydrogens (tertiary/aromatic N) is 1. The summed E-state index contributed by atoms with van der Waals surface area (Å²) in [5, 5.41) is 4.96. The lowest BCUT2D eigenvalue weighted by Gasteiger charge is -2.08. The van der Waals surface area contributed by atoms with Crippen LogP contribution < -0.4 is 19.5 Å². The first kappa shape index (κ1) is 20.6. The van der Waals surface area contributed by atoms with E-state index in [2.05, 4.69) is 15.0 Å². The predicted molar refractivity (Wildman–Crippen MR) is 114 cm³/mol. The minimum absolute atomic E-state index is 0.307. The van der Waals surface area contributed by atoms with Gasteiger partial charge < -0.3 is 9.47 Å². The average molecular weight is 434 g/mol. The van der Waals surface area contributed by atoms with Gasteiger partial charge in [-0.3, -0.25) is 14.8 Å². The van der Waals surface area contributed by atoms with E-state index in [0.717, 1.165) is 11.8 Å². The number of hydrogen-bond acceptors (Lipinski definition) is 7. The van der Waals surface area contributed by atoms with Crippen LogP contribution in [0.3, 0.4) is 0 Å². The van der Waals surface area contributed by atoms with Crippen LogP contribution >= 0.6 is 11.3 Å². The zero-order valence-corrected chi connectivity index (χ0v) is 17.6. The van der Waals surface area contributed by atoms with Gasteiger partial charge in [-0.15, -0.1) is 11.3 Å². The fraction of sp³-hybridized carbons (Fsp3) is 0.158. The number of carbonyl (C=O) groups is 1. The highest BCUT2D eigenvalue weighted by atomic mass is 32.2. The molecule has 0 unspecified atom stereocenters. The Balaban J connectivity index is 1.77. The van der Waals surface area contributed by atoms with Crippen LogP contribution in [0.4, 0.5) is 10.8 Å². The molecule has 2 aromatic carbocycles. The highest BCUT2D eigenvalue weighted by Crippen LogP contribution is 2.33. The fourth-order valence-electron chi connectivity index (χ4n) is 2.57. The molecule has 0 bridgehead atoms. The number of sulfonamides is 1. The highest BCUT2D eigenvalue weighted by molar-refractivity contribution is 7.92. The number of benzene rings is 2. The Morgan fingerprint density at radius 2 is 1.83 bits per heavy atom. The average Bonchev–Trinajstić information content (AvgIpc) is 3.14. The van der Waals surface area contributed by atoms with Gasteiger partial charge in [0.2, 0.25) is 10.0 Å². The SMILES string of the molecule is COc1ccc(-c2csc(NC(=O)c3cccc(NS(C)(=O)=O)c3)n2)cc1OC. The van der Waals surface area contributed by atoms with Crippen LogP contribution in [0.1, 0.15) is 10.4 Å². The monoisotopic (exact) mass is 433 g/mol. The van der Waals surface area contributed by atoms with Crippen LogP contribution in [0.15, 0.2) is 47.8 Å². The maximum atomic E-state index is 12.5. The molecule has 0 radical (unpaired) electrons. The van der Waals surface area contributed by atoms with E-state index in [1.165, 1.54) is 17.4 Å². The first-order valence-electron chi connectivity index (χ1n) is 8.36. The minimum atomic E-state index is -3.43. The van der Waals surface area contributed by atoms with Crippen molar-refractivity contribution in [3.63, 3.8) is 0 Å². The van der Waals surface area contributed by atoms with Crippen molar-refractivity contribution in [3.05, 3.63) is 53.4 Å². The number of aromatic nitrogens is 1. The molecular weight excluding hydrogens is 414 g/mol. The Kier molecular flexibility index (Phi) is 6.04. The topological polar surface area (TPSA) is 107 Å². The molecule has 1 aromatic heterocycles. The molecule has 1 amide bonds. The van der Waals surface area contributed by atoms with Gasteiger partial charge in [-0.1, -0.05) is 6.07 Å². The number of hydrogen-bond donors (Lipinski definition) is 2. The van der Waals surface area contributed by atoms with Crippen LogP contribution in [0.2, 0.25) is 0 Å². The Morgan fingerprint density at radius 3 is 2.52 bits per heavy atom. The molecule has 29 heavy (non-hydrogen) atoms. The highest BCUT2D eigenvalue weighted by Gasteiger charge is 2.13. The van der Waals surface area contributed by atoms with Crippen molar-refractivity contribution in [2.24, 2.45) is 0 Å². The van der Waals surface area contributed by atoms with Gasteiger partial charge in [0.25, 0.3) is 5.91 Å². The van der Waals surface area contributed by atoms with E-state index in [-0.39, 0.29) is 0 Å². The van der Waals surface area contributed by atoms with Crippen molar-refractivity contribution in [1.82, 2.24) is 4.98 Å². The van der Waals surface area contributed by atoms with Crippen molar-refractivity contribution in [2.75, 3.05) is 30.5 Å². The quantitative estimate of drug-likeness (QED) is 0.591. The second-order valence-corrected chi connectivity index (χ2v) is 8.62. The van der Waals surface area contributed by atoms with Gasteiger partial charge in [0.05, 0.1) is 26.2 Å². The number of ether oxygens (including phenoxy) is 2. The molecule has 3 rings (SSSR count). The summed E-state index contributed by atoms with van der Waals surface area (Å²) in [6, 6.07) is 11.6. The second kappa shape index (κ2) is 8.50. The smallest absolute Gasteiger partial charge is 0.257 e. The van der Waals surface area contributed by atoms with E-state index in [1.54, 1.807) is 44.6 Å². The predicted octanol–water partition coefficient (Wildman–Crippen LogP) is 3.45. The first-order chi connectivity index (χ1) is 13.8. The third-order valence-corrected chi connectivity index (χ3v) is 5.20. The summed E-state index contributed by atoms with van der Waals surface area (Å²) in [6.45, 7) is 0. The van der Waals surface area contributed by atoms with E-state index in [1.807, 2.05) is 11.4 Å². The van der Waals surface area contributed by atoms with E-state index >= 15 is 0 Å². The minimum Gasteiger partial charge on any atom is -0.493 e. The molecule has 0 spiro atoms. The van der Waals surface area contributed by atoms with Crippen molar-refractivity contribution < 1.29 is 22.7 Å². The molecular formula is C19H19N3O5S2. The maximum Gasteiger partial charge on any atom is 0.257 e. The van der Waals surface area contributed by atoms with Crippen molar-refractivity contribution in [3.8, 4) is 22.8 Å². The summed E-state index contributed by atoms with van der Waals surface area (Å²) < 4.78 is 35.6. The third kappa shape index (κ3) is 5.24. The molecule has 0 aliphatic rings. The summed E-state index contributed by atoms with van der Waals surface area (Å²) in [7, 11) is -0.307. The maximum absolute atomic E-state index is 12.5. The van der Waals surface area contributed by atoms with Crippen LogP contribution in [-0.2, 0) is 10.0 Å². The summed E-state index contributed by atoms with van der Waals surface area (Å²) >= 11 is 1.28. The van der Waals surface area contributed by atoms with Gasteiger partial charge in [0.1, 0.15) is 0 Å². The normalized spacial score (nSPS) is 11.0. The van der Waals surface area contributed by atoms with Gasteiger partial charge >= 0.3 is 0 Å². The Bertz CT molecular complexity index is 1140. The number of thiazole rings is 1. The summed E-state index contributed by atoms with van der Waals surface area (Å²) in [5.74, 6) is 0.803. The number of amides is 1. The van der Waals surface area contributed by atoms with E-state index < -0.39 is 15.9 Å². The van der Waals surface area contributed by atoms with Crippen LogP contribution in [0.25, 0.3) is 11.3 Å². The lowest BCUT2D eigenvalue weighted by Crippen LogP contribution is -2.13. The molecule has 0 atom stereocenters. The number of carbonyl (C=O) groups excluding carboxylic acids is 1. The Morgan fingerprint density at radius 1 is 1.07 bits per heavy atom. The van der Waals surface area contributed by atoms with E-state index in [9.17, 15) is 13.2 Å². The fourth-order valence-corrected chi connectivity index (χ4v) is 3.84. The number of methoxy groups -OCH3 is 2. The van der Waals surface area contributed by atoms with Gasteiger partial charge in [-0.05, 0) is 36.4 Å². The lowest BCUT2D eigenvalue weighted by molar-refractivity contribution is 0.102. The molecule has 0 aliphatic heterocycles. The molecule has 0 fully saturated rings. The number of anilines is 2. The van der Waals surface area contributed by atoms with Gasteiger partial charge in [0.15, 0.2) is 16.6 Å². The van der Waals surface area contributed by atoms with Crippen LogP contribution in [0.5, 0.6) is 11.5 Å². The molecule has 2 N–H and O–H groups in total. The van der Waals surface area contributed by atoms with Gasteiger partial charge in [0, 0.05) is 22.2 Å². The molecule has 10 heteroatoms. The molecule has 8 nitrogen and oxygen atoms in total. The zero-order chi connectivity index (χ0) is 21.0. The summed E-state index contributed by atoms with van der Waals surface area (Å²) in [6.07, 6.45) is 1.05. The van der Waals surface area contributed by atoms with Gasteiger partial charge in [-0.25, -0.2) is 13.4 Å². The molecule has 0 saturated carbocycles. The molecule has 1 heterocycles. The zero-order valence-electron chi connectivity index (χ0n) is 15.9. The molecule has 3 aromatic rings. The van der Waals surface area contributed by atoms with Gasteiger partial charge in [-0.2, -0.15) is 0 Å². The lowest BCUT2D eigenvalue weighted by atomic mass is 10.1. The van der Waals surface area contributed by atoms with E-state index in [4.69, 9.17) is 9.47 Å². The van der Waals surface area contributed by atoms with Crippen LogP contribution in [0, 0.1) is 0 Å². The van der Waals surface area contributed by atoms with Crippen molar-refractivity contribution in [1.29, 1.82) is 0 Å². The molecule has 0 aliphatic carbocycles. The first-order valence-corrected chi connectivity index (χ1v) is 11.1. The number of rotatable bonds is 7. The number of nitrogens with one attached hydrogen (secondary N) is 2. The Hall–Kier alpha value is -3.11. The second-order valence-electron chi connectivity index (χ2n) is 6.02. The van der Waals surface area contributed by atoms with E-state index in [0.29, 0.717) is 33.6 Å². The standard InChI is InChI=1S/C19H19N3O5S2/c1-26-16-8-7-12(10-17(16)27-2)15-11-28-19(20-15)21-18(23)13-5-4-6-14(9-13)22-29(3,24)25/h4-11,22H,1-3H3,(H,20,21,23).